The van der Waals surface area contributed by atoms with Gasteiger partial charge in [-0.25, -0.2) is 0 Å². The van der Waals surface area contributed by atoms with Gasteiger partial charge in [-0.1, -0.05) is 0 Å². The maximum Gasteiger partial charge on any atom is 0.275 e. The molecule has 1 aliphatic rings. The molecule has 2 heterocycles. The predicted molar refractivity (Wildman–Crippen MR) is 60.1 cm³/mol. The summed E-state index contributed by atoms with van der Waals surface area (Å²) in [6.45, 7) is 1.35. The van der Waals surface area contributed by atoms with Crippen LogP contribution in [0.15, 0.2) is 12.1 Å². The molecule has 1 saturated heterocycles. The van der Waals surface area contributed by atoms with Crippen molar-refractivity contribution in [1.82, 2.24) is 20.4 Å². The lowest BCUT2D eigenvalue weighted by molar-refractivity contribution is -0.138. The van der Waals surface area contributed by atoms with E-state index in [0.717, 1.165) is 4.90 Å². The quantitative estimate of drug-likeness (QED) is 0.587. The van der Waals surface area contributed by atoms with Crippen LogP contribution in [0.5, 0.6) is 0 Å². The number of rotatable bonds is 1. The summed E-state index contributed by atoms with van der Waals surface area (Å²) in [6.07, 6.45) is 0. The first-order valence-electron chi connectivity index (χ1n) is 5.23. The van der Waals surface area contributed by atoms with Crippen LogP contribution in [0, 0.1) is 0 Å². The molecule has 0 aliphatic carbocycles. The van der Waals surface area contributed by atoms with Crippen LogP contribution in [0.2, 0.25) is 0 Å². The molecule has 1 fully saturated rings. The molecular formula is C10H11N5O3. The Morgan fingerprint density at radius 3 is 2.78 bits per heavy atom. The van der Waals surface area contributed by atoms with E-state index in [1.165, 1.54) is 19.1 Å². The summed E-state index contributed by atoms with van der Waals surface area (Å²) in [5.41, 5.74) is 5.40. The van der Waals surface area contributed by atoms with E-state index in [1.807, 2.05) is 0 Å². The van der Waals surface area contributed by atoms with Gasteiger partial charge >= 0.3 is 0 Å². The Labute approximate surface area is 102 Å². The molecule has 94 valence electrons. The van der Waals surface area contributed by atoms with Crippen molar-refractivity contribution < 1.29 is 14.4 Å². The summed E-state index contributed by atoms with van der Waals surface area (Å²) in [5, 5.41) is 9.33. The first-order chi connectivity index (χ1) is 8.49. The van der Waals surface area contributed by atoms with Crippen molar-refractivity contribution in [3.63, 3.8) is 0 Å². The van der Waals surface area contributed by atoms with Crippen LogP contribution in [0.1, 0.15) is 17.4 Å². The Balaban J connectivity index is 2.24. The van der Waals surface area contributed by atoms with E-state index in [9.17, 15) is 14.4 Å². The normalized spacial score (nSPS) is 19.6. The highest BCUT2D eigenvalue weighted by molar-refractivity contribution is 6.06. The lowest BCUT2D eigenvalue weighted by Gasteiger charge is -2.31. The second kappa shape index (κ2) is 4.40. The smallest absolute Gasteiger partial charge is 0.275 e. The lowest BCUT2D eigenvalue weighted by atomic mass is 10.2. The van der Waals surface area contributed by atoms with E-state index in [2.05, 4.69) is 15.5 Å². The minimum absolute atomic E-state index is 0.0403. The number of hydrogen-bond acceptors (Lipinski definition) is 6. The van der Waals surface area contributed by atoms with Gasteiger partial charge in [0.25, 0.3) is 5.91 Å². The number of carbonyl (C=O) groups is 3. The fourth-order valence-corrected chi connectivity index (χ4v) is 1.57. The molecule has 1 atom stereocenters. The fourth-order valence-electron chi connectivity index (χ4n) is 1.57. The first kappa shape index (κ1) is 12.0. The third kappa shape index (κ3) is 2.12. The molecule has 0 aromatic carbocycles. The monoisotopic (exact) mass is 249 g/mol. The summed E-state index contributed by atoms with van der Waals surface area (Å²) in [7, 11) is 0. The van der Waals surface area contributed by atoms with Crippen molar-refractivity contribution in [1.29, 1.82) is 0 Å². The van der Waals surface area contributed by atoms with Gasteiger partial charge in [-0.3, -0.25) is 19.7 Å². The SMILES string of the molecule is CC1C(=O)NC(=O)CN1C(=O)c1ccc(N)nn1. The number of aromatic nitrogens is 2. The average molecular weight is 249 g/mol. The second-order valence-electron chi connectivity index (χ2n) is 3.86. The second-order valence-corrected chi connectivity index (χ2v) is 3.86. The Morgan fingerprint density at radius 1 is 1.44 bits per heavy atom. The number of nitrogens with one attached hydrogen (secondary N) is 1. The molecule has 1 aliphatic heterocycles. The van der Waals surface area contributed by atoms with E-state index in [-0.39, 0.29) is 18.1 Å². The zero-order valence-corrected chi connectivity index (χ0v) is 9.58. The summed E-state index contributed by atoms with van der Waals surface area (Å²) >= 11 is 0. The van der Waals surface area contributed by atoms with Gasteiger partial charge in [0, 0.05) is 0 Å². The maximum atomic E-state index is 12.1. The van der Waals surface area contributed by atoms with E-state index in [0.29, 0.717) is 0 Å². The predicted octanol–water partition coefficient (Wildman–Crippen LogP) is -1.45. The van der Waals surface area contributed by atoms with Crippen molar-refractivity contribution in [3.05, 3.63) is 17.8 Å². The number of nitrogens with zero attached hydrogens (tertiary/aromatic N) is 3. The van der Waals surface area contributed by atoms with Crippen LogP contribution in [0.4, 0.5) is 5.82 Å². The van der Waals surface area contributed by atoms with Crippen LogP contribution in [0.3, 0.4) is 0 Å². The lowest BCUT2D eigenvalue weighted by Crippen LogP contribution is -2.58. The number of nitrogen functional groups attached to an aromatic ring is 1. The summed E-state index contributed by atoms with van der Waals surface area (Å²) in [4.78, 5) is 35.9. The summed E-state index contributed by atoms with van der Waals surface area (Å²) in [5.74, 6) is -1.37. The van der Waals surface area contributed by atoms with Gasteiger partial charge < -0.3 is 10.6 Å². The van der Waals surface area contributed by atoms with Gasteiger partial charge in [0.15, 0.2) is 5.69 Å². The Morgan fingerprint density at radius 2 is 2.17 bits per heavy atom. The third-order valence-corrected chi connectivity index (χ3v) is 2.59. The van der Waals surface area contributed by atoms with Gasteiger partial charge in [0.1, 0.15) is 18.4 Å². The molecule has 8 heteroatoms. The number of nitrogens with two attached hydrogens (primary N) is 1. The van der Waals surface area contributed by atoms with Crippen molar-refractivity contribution in [2.24, 2.45) is 0 Å². The summed E-state index contributed by atoms with van der Waals surface area (Å²) < 4.78 is 0. The standard InChI is InChI=1S/C10H11N5O3/c1-5-9(17)12-8(16)4-15(5)10(18)6-2-3-7(11)14-13-6/h2-3,5H,4H2,1H3,(H2,11,14)(H,12,16,17). The van der Waals surface area contributed by atoms with E-state index in [4.69, 9.17) is 5.73 Å². The number of piperazine rings is 1. The molecule has 2 rings (SSSR count). The molecular weight excluding hydrogens is 238 g/mol. The molecule has 8 nitrogen and oxygen atoms in total. The molecule has 0 bridgehead atoms. The number of carbonyl (C=O) groups excluding carboxylic acids is 3. The van der Waals surface area contributed by atoms with Crippen molar-refractivity contribution in [2.45, 2.75) is 13.0 Å². The van der Waals surface area contributed by atoms with E-state index in [1.54, 1.807) is 0 Å². The van der Waals surface area contributed by atoms with Crippen LogP contribution in [-0.4, -0.2) is 45.4 Å². The largest absolute Gasteiger partial charge is 0.382 e. The third-order valence-electron chi connectivity index (χ3n) is 2.59. The van der Waals surface area contributed by atoms with Gasteiger partial charge in [-0.15, -0.1) is 10.2 Å². The van der Waals surface area contributed by atoms with Crippen molar-refractivity contribution in [2.75, 3.05) is 12.3 Å². The topological polar surface area (TPSA) is 118 Å². The van der Waals surface area contributed by atoms with Crippen molar-refractivity contribution in [3.8, 4) is 0 Å². The van der Waals surface area contributed by atoms with Crippen molar-refractivity contribution >= 4 is 23.5 Å². The van der Waals surface area contributed by atoms with Crippen LogP contribution in [0.25, 0.3) is 0 Å². The highest BCUT2D eigenvalue weighted by Gasteiger charge is 2.34. The minimum atomic E-state index is -0.727. The fraction of sp³-hybridized carbons (Fsp3) is 0.300. The number of amides is 3. The zero-order chi connectivity index (χ0) is 13.3. The number of hydrogen-bond donors (Lipinski definition) is 2. The van der Waals surface area contributed by atoms with E-state index < -0.39 is 23.8 Å². The first-order valence-corrected chi connectivity index (χ1v) is 5.23. The molecule has 1 aromatic rings. The Hall–Kier alpha value is -2.51. The van der Waals surface area contributed by atoms with Gasteiger partial charge in [0.2, 0.25) is 11.8 Å². The highest BCUT2D eigenvalue weighted by atomic mass is 16.2. The molecule has 3 N–H and O–H groups in total. The molecule has 0 spiro atoms. The number of imide groups is 1. The molecule has 1 unspecified atom stereocenters. The maximum absolute atomic E-state index is 12.1. The Bertz CT molecular complexity index is 513. The van der Waals surface area contributed by atoms with Gasteiger partial charge in [0.05, 0.1) is 0 Å². The van der Waals surface area contributed by atoms with Gasteiger partial charge in [-0.2, -0.15) is 0 Å². The average Bonchev–Trinajstić information content (AvgIpc) is 2.34. The van der Waals surface area contributed by atoms with Gasteiger partial charge in [-0.05, 0) is 19.1 Å². The molecule has 1 aromatic heterocycles. The van der Waals surface area contributed by atoms with Crippen LogP contribution in [-0.2, 0) is 9.59 Å². The molecule has 18 heavy (non-hydrogen) atoms. The van der Waals surface area contributed by atoms with E-state index >= 15 is 0 Å². The number of anilines is 1. The van der Waals surface area contributed by atoms with Crippen LogP contribution < -0.4 is 11.1 Å². The molecule has 3 amide bonds. The highest BCUT2D eigenvalue weighted by Crippen LogP contribution is 2.10. The minimum Gasteiger partial charge on any atom is -0.382 e. The van der Waals surface area contributed by atoms with Crippen LogP contribution >= 0.6 is 0 Å². The molecule has 0 radical (unpaired) electrons. The Kier molecular flexibility index (Phi) is 2.92. The summed E-state index contributed by atoms with van der Waals surface area (Å²) in [6, 6.07) is 2.10. The molecule has 0 saturated carbocycles. The zero-order valence-electron chi connectivity index (χ0n) is 9.58.